The maximum absolute atomic E-state index is 13.9. The van der Waals surface area contributed by atoms with Crippen molar-refractivity contribution in [2.75, 3.05) is 52.8 Å². The van der Waals surface area contributed by atoms with Gasteiger partial charge in [0.05, 0.1) is 55.8 Å². The third kappa shape index (κ3) is 20.7. The fourth-order valence-electron chi connectivity index (χ4n) is 9.07. The van der Waals surface area contributed by atoms with Gasteiger partial charge in [-0.2, -0.15) is 0 Å². The van der Waals surface area contributed by atoms with Crippen LogP contribution >= 0.6 is 0 Å². The van der Waals surface area contributed by atoms with E-state index in [-0.39, 0.29) is 51.5 Å². The maximum atomic E-state index is 13.9. The van der Waals surface area contributed by atoms with E-state index in [1.165, 1.54) is 0 Å². The van der Waals surface area contributed by atoms with E-state index in [0.717, 1.165) is 67.5 Å². The van der Waals surface area contributed by atoms with Crippen LogP contribution in [-0.4, -0.2) is 99.2 Å². The fraction of sp³-hybridized carbons (Fsp3) is 0.292. The lowest BCUT2D eigenvalue weighted by molar-refractivity contribution is -0.137. The van der Waals surface area contributed by atoms with Crippen molar-refractivity contribution in [1.29, 1.82) is 0 Å². The first-order valence-corrected chi connectivity index (χ1v) is 27.4. The number of ether oxygens (including phenoxy) is 4. The summed E-state index contributed by atoms with van der Waals surface area (Å²) in [5, 5.41) is 2.85. The average molecular weight is 1080 g/mol. The van der Waals surface area contributed by atoms with Gasteiger partial charge in [-0.15, -0.1) is 0 Å². The average Bonchev–Trinajstić information content (AvgIpc) is 3.52. The number of rotatable bonds is 34. The number of nitrogens with zero attached hydrogens (tertiary/aromatic N) is 7. The van der Waals surface area contributed by atoms with Crippen molar-refractivity contribution in [3.05, 3.63) is 245 Å². The van der Waals surface area contributed by atoms with E-state index in [1.54, 1.807) is 0 Å². The molecule has 4 aromatic heterocycles. The third-order valence-corrected chi connectivity index (χ3v) is 13.1. The van der Waals surface area contributed by atoms with Gasteiger partial charge in [0.1, 0.15) is 19.0 Å². The third-order valence-electron chi connectivity index (χ3n) is 13.1. The van der Waals surface area contributed by atoms with Crippen LogP contribution in [0.4, 0.5) is 0 Å². The Hall–Kier alpha value is -8.02. The molecular weight excluding hydrogens is 1000 g/mol. The van der Waals surface area contributed by atoms with E-state index >= 15 is 0 Å². The summed E-state index contributed by atoms with van der Waals surface area (Å²) in [6.45, 7) is 7.03. The first-order valence-electron chi connectivity index (χ1n) is 27.4. The van der Waals surface area contributed by atoms with Gasteiger partial charge in [-0.05, 0) is 112 Å². The number of carbonyl (C=O) groups excluding carboxylic acids is 2. The van der Waals surface area contributed by atoms with Crippen LogP contribution in [0, 0.1) is 0 Å². The summed E-state index contributed by atoms with van der Waals surface area (Å²) in [4.78, 5) is 51.4. The normalized spacial score (nSPS) is 11.2. The van der Waals surface area contributed by atoms with Crippen LogP contribution in [0.5, 0.6) is 5.75 Å². The van der Waals surface area contributed by atoms with Gasteiger partial charge in [0.25, 0.3) is 0 Å². The summed E-state index contributed by atoms with van der Waals surface area (Å²) >= 11 is 0. The molecule has 414 valence electrons. The second-order valence-electron chi connectivity index (χ2n) is 19.5. The molecule has 8 rings (SSSR count). The Morgan fingerprint density at radius 3 is 1.43 bits per heavy atom. The summed E-state index contributed by atoms with van der Waals surface area (Å²) in [5.41, 5.74) is 17.1. The highest BCUT2D eigenvalue weighted by Gasteiger charge is 2.18. The molecule has 0 spiro atoms. The smallest absolute Gasteiger partial charge is 0.248 e. The Kier molecular flexibility index (Phi) is 23.8. The maximum Gasteiger partial charge on any atom is 0.248 e. The SMILES string of the molecule is NCc1ccc(CNC(=O)COCCOCCOCC(=O)N(CCCCOc2cc(CN(Cc3ccccn3)Cc3ccccn3)cc(CN(Cc3ccccn3)Cc3ccccn3)c2)Cc2ccc(-c3ccccc3)cc2)cc1. The predicted octanol–water partition coefficient (Wildman–Crippen LogP) is 9.35. The number of amides is 2. The molecule has 15 heteroatoms. The van der Waals surface area contributed by atoms with Crippen molar-refractivity contribution >= 4 is 11.8 Å². The van der Waals surface area contributed by atoms with Gasteiger partial charge in [-0.3, -0.25) is 39.3 Å². The minimum atomic E-state index is -0.208. The number of aromatic nitrogens is 4. The number of hydrogen-bond acceptors (Lipinski definition) is 13. The van der Waals surface area contributed by atoms with Crippen molar-refractivity contribution in [1.82, 2.24) is 40.0 Å². The zero-order valence-corrected chi connectivity index (χ0v) is 45.6. The van der Waals surface area contributed by atoms with Crippen LogP contribution < -0.4 is 15.8 Å². The largest absolute Gasteiger partial charge is 0.494 e. The standard InChI is InChI=1S/C65H73N9O6/c66-41-52-20-22-53(23-21-52)42-71-64(75)50-78-36-34-77-35-37-79-51-65(76)74(45-54-24-26-58(27-25-54)57-14-2-1-3-15-57)32-12-13-33-80-63-39-55(43-72(46-59-16-4-8-28-67-59)47-60-17-5-9-29-68-60)38-56(40-63)44-73(48-61-18-6-10-30-69-61)49-62-19-7-11-31-70-62/h1-11,14-31,38-40H,12-13,32-37,41-51,66H2,(H,71,75). The lowest BCUT2D eigenvalue weighted by atomic mass is 10.0. The first kappa shape index (κ1) is 58.1. The van der Waals surface area contributed by atoms with Crippen molar-refractivity contribution in [2.45, 2.75) is 71.7 Å². The molecule has 0 bridgehead atoms. The molecule has 0 aliphatic carbocycles. The zero-order chi connectivity index (χ0) is 55.2. The van der Waals surface area contributed by atoms with Gasteiger partial charge < -0.3 is 34.9 Å². The zero-order valence-electron chi connectivity index (χ0n) is 45.6. The van der Waals surface area contributed by atoms with E-state index in [9.17, 15) is 9.59 Å². The molecule has 0 fully saturated rings. The molecule has 15 nitrogen and oxygen atoms in total. The van der Waals surface area contributed by atoms with Gasteiger partial charge in [-0.1, -0.05) is 109 Å². The van der Waals surface area contributed by atoms with E-state index < -0.39 is 0 Å². The quantitative estimate of drug-likeness (QED) is 0.0366. The number of nitrogens with two attached hydrogens (primary N) is 1. The molecule has 0 saturated carbocycles. The van der Waals surface area contributed by atoms with E-state index in [0.29, 0.717) is 84.9 Å². The number of unbranched alkanes of at least 4 members (excludes halogenated alkanes) is 1. The van der Waals surface area contributed by atoms with Gasteiger partial charge in [0.2, 0.25) is 11.8 Å². The minimum absolute atomic E-state index is 0.0681. The lowest BCUT2D eigenvalue weighted by Gasteiger charge is -2.25. The Morgan fingerprint density at radius 1 is 0.438 bits per heavy atom. The Bertz CT molecular complexity index is 2830. The van der Waals surface area contributed by atoms with E-state index in [4.69, 9.17) is 24.7 Å². The van der Waals surface area contributed by atoms with E-state index in [1.807, 2.05) is 121 Å². The van der Waals surface area contributed by atoms with Gasteiger partial charge in [0.15, 0.2) is 0 Å². The number of pyridine rings is 4. The second kappa shape index (κ2) is 32.8. The topological polar surface area (TPSA) is 170 Å². The van der Waals surface area contributed by atoms with Gasteiger partial charge in [0, 0.05) is 90.2 Å². The molecule has 0 atom stereocenters. The molecule has 4 aromatic carbocycles. The Morgan fingerprint density at radius 2 is 0.912 bits per heavy atom. The lowest BCUT2D eigenvalue weighted by Crippen LogP contribution is -2.35. The highest BCUT2D eigenvalue weighted by molar-refractivity contribution is 5.77. The minimum Gasteiger partial charge on any atom is -0.494 e. The van der Waals surface area contributed by atoms with Crippen molar-refractivity contribution in [3.63, 3.8) is 0 Å². The first-order chi connectivity index (χ1) is 39.4. The van der Waals surface area contributed by atoms with Crippen LogP contribution in [0.2, 0.25) is 0 Å². The summed E-state index contributed by atoms with van der Waals surface area (Å²) in [5.74, 6) is 0.464. The number of nitrogens with one attached hydrogen (secondary N) is 1. The summed E-state index contributed by atoms with van der Waals surface area (Å²) < 4.78 is 23.7. The number of benzene rings is 4. The van der Waals surface area contributed by atoms with Crippen LogP contribution in [-0.2, 0) is 82.7 Å². The number of hydrogen-bond donors (Lipinski definition) is 2. The molecule has 3 N–H and O–H groups in total. The van der Waals surface area contributed by atoms with Crippen LogP contribution in [0.1, 0.15) is 63.4 Å². The molecule has 0 radical (unpaired) electrons. The number of carbonyl (C=O) groups is 2. The summed E-state index contributed by atoms with van der Waals surface area (Å²) in [7, 11) is 0. The monoisotopic (exact) mass is 1080 g/mol. The van der Waals surface area contributed by atoms with Crippen molar-refractivity contribution in [3.8, 4) is 16.9 Å². The Balaban J connectivity index is 0.880. The van der Waals surface area contributed by atoms with Crippen LogP contribution in [0.25, 0.3) is 11.1 Å². The van der Waals surface area contributed by atoms with Crippen LogP contribution in [0.3, 0.4) is 0 Å². The highest BCUT2D eigenvalue weighted by atomic mass is 16.5. The molecular formula is C65H73N9O6. The molecule has 8 aromatic rings. The Labute approximate surface area is 470 Å². The molecule has 0 aliphatic heterocycles. The summed E-state index contributed by atoms with van der Waals surface area (Å²) in [6.07, 6.45) is 8.77. The summed E-state index contributed by atoms with van der Waals surface area (Å²) in [6, 6.07) is 57.0. The highest BCUT2D eigenvalue weighted by Crippen LogP contribution is 2.24. The molecule has 0 aliphatic rings. The van der Waals surface area contributed by atoms with E-state index in [2.05, 4.69) is 114 Å². The molecule has 2 amide bonds. The molecule has 4 heterocycles. The molecule has 0 unspecified atom stereocenters. The molecule has 0 saturated heterocycles. The fourth-order valence-corrected chi connectivity index (χ4v) is 9.07. The van der Waals surface area contributed by atoms with Crippen molar-refractivity contribution < 1.29 is 28.5 Å². The second-order valence-corrected chi connectivity index (χ2v) is 19.5. The predicted molar refractivity (Wildman–Crippen MR) is 310 cm³/mol. The van der Waals surface area contributed by atoms with Gasteiger partial charge in [-0.25, -0.2) is 0 Å². The van der Waals surface area contributed by atoms with Crippen LogP contribution in [0.15, 0.2) is 195 Å². The van der Waals surface area contributed by atoms with Gasteiger partial charge >= 0.3 is 0 Å². The van der Waals surface area contributed by atoms with Crippen molar-refractivity contribution in [2.24, 2.45) is 5.73 Å². The molecule has 80 heavy (non-hydrogen) atoms.